The van der Waals surface area contributed by atoms with Crippen molar-refractivity contribution < 1.29 is 4.74 Å². The number of aromatic amines is 1. The van der Waals surface area contributed by atoms with Crippen LogP contribution in [0, 0.1) is 0 Å². The topological polar surface area (TPSA) is 41.1 Å². The van der Waals surface area contributed by atoms with Crippen LogP contribution in [0.5, 0.6) is 5.75 Å². The van der Waals surface area contributed by atoms with E-state index in [0.29, 0.717) is 17.5 Å². The molecule has 1 saturated heterocycles. The van der Waals surface area contributed by atoms with Gasteiger partial charge in [-0.2, -0.15) is 5.10 Å². The standard InChI is InChI=1S/C21H28ClN3O/c22-19-8-4-5-9-21(19)26-13-11-17-14-20(24-23-17)16-10-12-25(15-16)18-6-2-1-3-7-18/h4-5,8-9,14,16,18H,1-3,6-7,10-13,15H2,(H,23,24)/t16-/m1/s1. The molecule has 1 aromatic carbocycles. The fourth-order valence-electron chi connectivity index (χ4n) is 4.36. The van der Waals surface area contributed by atoms with Gasteiger partial charge in [0.15, 0.2) is 0 Å². The molecule has 2 heterocycles. The number of nitrogens with zero attached hydrogens (tertiary/aromatic N) is 2. The van der Waals surface area contributed by atoms with Crippen molar-refractivity contribution in [2.75, 3.05) is 19.7 Å². The van der Waals surface area contributed by atoms with Crippen molar-refractivity contribution in [3.05, 3.63) is 46.7 Å². The van der Waals surface area contributed by atoms with E-state index in [1.807, 2.05) is 24.3 Å². The third-order valence-corrected chi connectivity index (χ3v) is 6.16. The maximum absolute atomic E-state index is 6.12. The Balaban J connectivity index is 1.27. The highest BCUT2D eigenvalue weighted by molar-refractivity contribution is 6.32. The minimum Gasteiger partial charge on any atom is -0.492 e. The second-order valence-corrected chi connectivity index (χ2v) is 8.03. The van der Waals surface area contributed by atoms with Crippen LogP contribution < -0.4 is 4.74 Å². The molecule has 0 unspecified atom stereocenters. The molecular formula is C21H28ClN3O. The maximum atomic E-state index is 6.12. The first-order chi connectivity index (χ1) is 12.8. The smallest absolute Gasteiger partial charge is 0.137 e. The molecule has 1 saturated carbocycles. The number of rotatable bonds is 6. The first kappa shape index (κ1) is 17.9. The fraction of sp³-hybridized carbons (Fsp3) is 0.571. The highest BCUT2D eigenvalue weighted by Crippen LogP contribution is 2.32. The van der Waals surface area contributed by atoms with E-state index in [0.717, 1.165) is 23.9 Å². The summed E-state index contributed by atoms with van der Waals surface area (Å²) in [5.74, 6) is 1.32. The van der Waals surface area contributed by atoms with Crippen molar-refractivity contribution in [1.29, 1.82) is 0 Å². The molecular weight excluding hydrogens is 346 g/mol. The zero-order valence-corrected chi connectivity index (χ0v) is 16.0. The largest absolute Gasteiger partial charge is 0.492 e. The Morgan fingerprint density at radius 3 is 2.85 bits per heavy atom. The Kier molecular flexibility index (Phi) is 5.81. The van der Waals surface area contributed by atoms with Gasteiger partial charge in [0, 0.05) is 30.6 Å². The van der Waals surface area contributed by atoms with Crippen molar-refractivity contribution in [3.8, 4) is 5.75 Å². The van der Waals surface area contributed by atoms with E-state index < -0.39 is 0 Å². The summed E-state index contributed by atoms with van der Waals surface area (Å²) in [6.07, 6.45) is 9.06. The molecule has 4 nitrogen and oxygen atoms in total. The number of benzene rings is 1. The summed E-state index contributed by atoms with van der Waals surface area (Å²) in [5, 5.41) is 8.44. The van der Waals surface area contributed by atoms with Crippen LogP contribution in [-0.4, -0.2) is 40.8 Å². The van der Waals surface area contributed by atoms with Crippen molar-refractivity contribution in [2.45, 2.75) is 56.9 Å². The van der Waals surface area contributed by atoms with E-state index in [1.165, 1.54) is 57.3 Å². The summed E-state index contributed by atoms with van der Waals surface area (Å²) in [7, 11) is 0. The quantitative estimate of drug-likeness (QED) is 0.790. The molecule has 1 aliphatic heterocycles. The number of aromatic nitrogens is 2. The zero-order valence-electron chi connectivity index (χ0n) is 15.3. The van der Waals surface area contributed by atoms with E-state index in [4.69, 9.17) is 16.3 Å². The van der Waals surface area contributed by atoms with Crippen LogP contribution in [0.1, 0.15) is 55.8 Å². The lowest BCUT2D eigenvalue weighted by atomic mass is 9.94. The van der Waals surface area contributed by atoms with E-state index in [2.05, 4.69) is 21.2 Å². The number of hydrogen-bond donors (Lipinski definition) is 1. The third-order valence-electron chi connectivity index (χ3n) is 5.85. The number of likely N-dealkylation sites (tertiary alicyclic amines) is 1. The first-order valence-corrected chi connectivity index (χ1v) is 10.3. The second kappa shape index (κ2) is 8.45. The predicted molar refractivity (Wildman–Crippen MR) is 105 cm³/mol. The molecule has 1 aliphatic carbocycles. The number of H-pyrrole nitrogens is 1. The van der Waals surface area contributed by atoms with Crippen LogP contribution in [0.3, 0.4) is 0 Å². The van der Waals surface area contributed by atoms with Gasteiger partial charge in [0.25, 0.3) is 0 Å². The van der Waals surface area contributed by atoms with E-state index in [9.17, 15) is 0 Å². The van der Waals surface area contributed by atoms with Gasteiger partial charge < -0.3 is 4.74 Å². The molecule has 0 amide bonds. The van der Waals surface area contributed by atoms with Gasteiger partial charge in [-0.15, -0.1) is 0 Å². The molecule has 1 atom stereocenters. The van der Waals surface area contributed by atoms with Gasteiger partial charge in [-0.3, -0.25) is 10.00 Å². The molecule has 140 valence electrons. The number of para-hydroxylation sites is 1. The average Bonchev–Trinajstić information content (AvgIpc) is 3.33. The molecule has 0 spiro atoms. The Morgan fingerprint density at radius 2 is 2.00 bits per heavy atom. The SMILES string of the molecule is Clc1ccccc1OCCc1cc([C@@H]2CCN(C3CCCCC3)C2)n[nH]1. The van der Waals surface area contributed by atoms with Gasteiger partial charge in [-0.1, -0.05) is 43.0 Å². The highest BCUT2D eigenvalue weighted by atomic mass is 35.5. The molecule has 0 bridgehead atoms. The van der Waals surface area contributed by atoms with Gasteiger partial charge in [-0.25, -0.2) is 0 Å². The summed E-state index contributed by atoms with van der Waals surface area (Å²) in [4.78, 5) is 2.71. The summed E-state index contributed by atoms with van der Waals surface area (Å²) in [6.45, 7) is 3.00. The zero-order chi connectivity index (χ0) is 17.8. The molecule has 26 heavy (non-hydrogen) atoms. The summed E-state index contributed by atoms with van der Waals surface area (Å²) in [6, 6.07) is 10.6. The lowest BCUT2D eigenvalue weighted by Gasteiger charge is -2.30. The lowest BCUT2D eigenvalue weighted by Crippen LogP contribution is -2.34. The Bertz CT molecular complexity index is 711. The Hall–Kier alpha value is -1.52. The molecule has 1 N–H and O–H groups in total. The van der Waals surface area contributed by atoms with Gasteiger partial charge in [-0.05, 0) is 44.0 Å². The van der Waals surface area contributed by atoms with E-state index in [1.54, 1.807) is 0 Å². The summed E-state index contributed by atoms with van der Waals surface area (Å²) in [5.41, 5.74) is 2.36. The summed E-state index contributed by atoms with van der Waals surface area (Å²) >= 11 is 6.12. The van der Waals surface area contributed by atoms with Gasteiger partial charge in [0.1, 0.15) is 5.75 Å². The van der Waals surface area contributed by atoms with Gasteiger partial charge >= 0.3 is 0 Å². The molecule has 2 aromatic rings. The lowest BCUT2D eigenvalue weighted by molar-refractivity contribution is 0.189. The second-order valence-electron chi connectivity index (χ2n) is 7.62. The fourth-order valence-corrected chi connectivity index (χ4v) is 4.55. The van der Waals surface area contributed by atoms with Gasteiger partial charge in [0.05, 0.1) is 17.3 Å². The van der Waals surface area contributed by atoms with Gasteiger partial charge in [0.2, 0.25) is 0 Å². The molecule has 5 heteroatoms. The van der Waals surface area contributed by atoms with Crippen LogP contribution in [0.2, 0.25) is 5.02 Å². The number of ether oxygens (including phenoxy) is 1. The Morgan fingerprint density at radius 1 is 1.15 bits per heavy atom. The Labute approximate surface area is 160 Å². The average molecular weight is 374 g/mol. The van der Waals surface area contributed by atoms with Crippen LogP contribution in [0.4, 0.5) is 0 Å². The summed E-state index contributed by atoms with van der Waals surface area (Å²) < 4.78 is 5.78. The molecule has 1 aromatic heterocycles. The van der Waals surface area contributed by atoms with E-state index >= 15 is 0 Å². The van der Waals surface area contributed by atoms with E-state index in [-0.39, 0.29) is 0 Å². The normalized spacial score (nSPS) is 22.0. The van der Waals surface area contributed by atoms with Crippen LogP contribution in [0.15, 0.2) is 30.3 Å². The number of hydrogen-bond acceptors (Lipinski definition) is 3. The van der Waals surface area contributed by atoms with Crippen molar-refractivity contribution in [2.24, 2.45) is 0 Å². The molecule has 4 rings (SSSR count). The first-order valence-electron chi connectivity index (χ1n) is 9.95. The molecule has 2 aliphatic rings. The van der Waals surface area contributed by atoms with Crippen LogP contribution in [-0.2, 0) is 6.42 Å². The predicted octanol–water partition coefficient (Wildman–Crippen LogP) is 4.81. The minimum atomic E-state index is 0.575. The molecule has 2 fully saturated rings. The number of halogens is 1. The van der Waals surface area contributed by atoms with Crippen molar-refractivity contribution >= 4 is 11.6 Å². The monoisotopic (exact) mass is 373 g/mol. The maximum Gasteiger partial charge on any atom is 0.137 e. The highest BCUT2D eigenvalue weighted by Gasteiger charge is 2.30. The van der Waals surface area contributed by atoms with Crippen molar-refractivity contribution in [3.63, 3.8) is 0 Å². The minimum absolute atomic E-state index is 0.575. The molecule has 0 radical (unpaired) electrons. The van der Waals surface area contributed by atoms with Crippen molar-refractivity contribution in [1.82, 2.24) is 15.1 Å². The van der Waals surface area contributed by atoms with Crippen LogP contribution >= 0.6 is 11.6 Å². The third kappa shape index (κ3) is 4.24. The number of nitrogens with one attached hydrogen (secondary N) is 1. The van der Waals surface area contributed by atoms with Crippen LogP contribution in [0.25, 0.3) is 0 Å².